The molecule has 27 heavy (non-hydrogen) atoms. The van der Waals surface area contributed by atoms with Crippen LogP contribution < -0.4 is 0 Å². The first-order valence-electron chi connectivity index (χ1n) is 9.99. The van der Waals surface area contributed by atoms with E-state index in [1.54, 1.807) is 41.5 Å². The zero-order chi connectivity index (χ0) is 21.0. The molecule has 0 spiro atoms. The number of nitrogens with zero attached hydrogens (tertiary/aromatic N) is 2. The van der Waals surface area contributed by atoms with Crippen LogP contribution in [0, 0.1) is 16.7 Å². The van der Waals surface area contributed by atoms with Crippen molar-refractivity contribution in [3.8, 4) is 0 Å². The fourth-order valence-electron chi connectivity index (χ4n) is 3.50. The van der Waals surface area contributed by atoms with Gasteiger partial charge in [-0.25, -0.2) is 0 Å². The summed E-state index contributed by atoms with van der Waals surface area (Å²) in [6.07, 6.45) is 4.14. The Kier molecular flexibility index (Phi) is 7.76. The lowest BCUT2D eigenvalue weighted by atomic mass is 9.85. The van der Waals surface area contributed by atoms with Crippen LogP contribution >= 0.6 is 0 Å². The first-order valence-corrected chi connectivity index (χ1v) is 9.99. The summed E-state index contributed by atoms with van der Waals surface area (Å²) in [4.78, 5) is 52.8. The quantitative estimate of drug-likeness (QED) is 0.708. The molecule has 0 bridgehead atoms. The van der Waals surface area contributed by atoms with Gasteiger partial charge in [-0.05, 0) is 26.2 Å². The van der Waals surface area contributed by atoms with Gasteiger partial charge in [-0.1, -0.05) is 47.5 Å². The number of rotatable bonds is 6. The lowest BCUT2D eigenvalue weighted by Crippen LogP contribution is -2.46. The smallest absolute Gasteiger partial charge is 0.234 e. The molecule has 1 rings (SSSR count). The van der Waals surface area contributed by atoms with E-state index in [1.807, 2.05) is 0 Å². The molecule has 1 fully saturated rings. The Hall–Kier alpha value is -1.72. The van der Waals surface area contributed by atoms with Gasteiger partial charge in [0.2, 0.25) is 23.6 Å². The number of hydrogen-bond acceptors (Lipinski definition) is 4. The Morgan fingerprint density at radius 1 is 0.926 bits per heavy atom. The maximum atomic E-state index is 12.8. The normalized spacial score (nSPS) is 15.5. The Labute approximate surface area is 163 Å². The molecule has 154 valence electrons. The average molecular weight is 381 g/mol. The zero-order valence-electron chi connectivity index (χ0n) is 18.1. The van der Waals surface area contributed by atoms with Gasteiger partial charge in [0.15, 0.2) is 0 Å². The molecular formula is C21H36N2O4. The number of carbonyl (C=O) groups excluding carboxylic acids is 4. The molecule has 0 N–H and O–H groups in total. The van der Waals surface area contributed by atoms with Gasteiger partial charge in [0.25, 0.3) is 0 Å². The fourth-order valence-corrected chi connectivity index (χ4v) is 3.50. The van der Waals surface area contributed by atoms with Crippen LogP contribution in [0.1, 0.15) is 80.1 Å². The van der Waals surface area contributed by atoms with E-state index in [0.717, 1.165) is 25.7 Å². The van der Waals surface area contributed by atoms with Crippen molar-refractivity contribution in [3.05, 3.63) is 0 Å². The highest BCUT2D eigenvalue weighted by Crippen LogP contribution is 2.30. The molecule has 0 atom stereocenters. The number of carbonyl (C=O) groups is 4. The Morgan fingerprint density at radius 2 is 1.44 bits per heavy atom. The summed E-state index contributed by atoms with van der Waals surface area (Å²) in [5, 5.41) is 0. The van der Waals surface area contributed by atoms with Gasteiger partial charge in [-0.2, -0.15) is 0 Å². The van der Waals surface area contributed by atoms with Crippen molar-refractivity contribution in [2.45, 2.75) is 80.1 Å². The molecule has 1 aliphatic rings. The van der Waals surface area contributed by atoms with Crippen LogP contribution in [0.3, 0.4) is 0 Å². The predicted octanol–water partition coefficient (Wildman–Crippen LogP) is 3.39. The Morgan fingerprint density at radius 3 is 1.89 bits per heavy atom. The van der Waals surface area contributed by atoms with Crippen LogP contribution in [0.25, 0.3) is 0 Å². The van der Waals surface area contributed by atoms with E-state index >= 15 is 0 Å². The lowest BCUT2D eigenvalue weighted by Gasteiger charge is -2.31. The number of amides is 4. The summed E-state index contributed by atoms with van der Waals surface area (Å²) in [6, 6.07) is 0. The van der Waals surface area contributed by atoms with E-state index in [1.165, 1.54) is 16.8 Å². The van der Waals surface area contributed by atoms with Gasteiger partial charge in [0.1, 0.15) is 0 Å². The Balaban J connectivity index is 2.72. The molecule has 1 saturated carbocycles. The van der Waals surface area contributed by atoms with E-state index in [-0.39, 0.29) is 36.0 Å². The molecule has 0 heterocycles. The monoisotopic (exact) mass is 380 g/mol. The van der Waals surface area contributed by atoms with Crippen molar-refractivity contribution in [2.75, 3.05) is 13.6 Å². The zero-order valence-corrected chi connectivity index (χ0v) is 18.1. The van der Waals surface area contributed by atoms with E-state index in [2.05, 4.69) is 0 Å². The maximum absolute atomic E-state index is 12.8. The van der Waals surface area contributed by atoms with E-state index in [4.69, 9.17) is 0 Å². The minimum Gasteiger partial charge on any atom is -0.285 e. The molecule has 4 amide bonds. The standard InChI is InChI=1S/C21H36N2O4/c1-8-23(18(26)20(2,3)4)16(24)13-14-21(5,6)19(27)22(7)17(25)15-11-9-10-12-15/h15H,8-14H2,1-7H3. The van der Waals surface area contributed by atoms with Crippen molar-refractivity contribution in [3.63, 3.8) is 0 Å². The molecule has 6 nitrogen and oxygen atoms in total. The third kappa shape index (κ3) is 5.88. The number of imide groups is 2. The lowest BCUT2D eigenvalue weighted by molar-refractivity contribution is -0.151. The summed E-state index contributed by atoms with van der Waals surface area (Å²) in [7, 11) is 1.54. The molecule has 0 aromatic rings. The van der Waals surface area contributed by atoms with Crippen LogP contribution in [-0.4, -0.2) is 47.0 Å². The molecule has 0 aromatic heterocycles. The van der Waals surface area contributed by atoms with Gasteiger partial charge >= 0.3 is 0 Å². The topological polar surface area (TPSA) is 74.8 Å². The van der Waals surface area contributed by atoms with Crippen molar-refractivity contribution in [1.29, 1.82) is 0 Å². The highest BCUT2D eigenvalue weighted by Gasteiger charge is 2.37. The van der Waals surface area contributed by atoms with E-state index < -0.39 is 10.8 Å². The van der Waals surface area contributed by atoms with Crippen molar-refractivity contribution >= 4 is 23.6 Å². The molecule has 0 aliphatic heterocycles. The van der Waals surface area contributed by atoms with Gasteiger partial charge < -0.3 is 0 Å². The third-order valence-corrected chi connectivity index (χ3v) is 5.39. The van der Waals surface area contributed by atoms with E-state index in [0.29, 0.717) is 13.0 Å². The molecule has 0 saturated heterocycles. The highest BCUT2D eigenvalue weighted by molar-refractivity contribution is 6.00. The van der Waals surface area contributed by atoms with Crippen molar-refractivity contribution in [1.82, 2.24) is 9.80 Å². The first kappa shape index (κ1) is 23.3. The molecular weight excluding hydrogens is 344 g/mol. The summed E-state index contributed by atoms with van der Waals surface area (Å²) in [5.41, 5.74) is -1.48. The molecule has 0 unspecified atom stereocenters. The van der Waals surface area contributed by atoms with Crippen molar-refractivity contribution in [2.24, 2.45) is 16.7 Å². The van der Waals surface area contributed by atoms with Crippen LogP contribution in [0.5, 0.6) is 0 Å². The molecule has 0 radical (unpaired) electrons. The van der Waals surface area contributed by atoms with Crippen LogP contribution in [0.4, 0.5) is 0 Å². The summed E-state index contributed by atoms with van der Waals surface area (Å²) in [6.45, 7) is 10.9. The van der Waals surface area contributed by atoms with E-state index in [9.17, 15) is 19.2 Å². The Bertz CT molecular complexity index is 583. The minimum atomic E-state index is -0.844. The SMILES string of the molecule is CCN(C(=O)CCC(C)(C)C(=O)N(C)C(=O)C1CCCC1)C(=O)C(C)(C)C. The predicted molar refractivity (Wildman–Crippen MR) is 105 cm³/mol. The summed E-state index contributed by atoms with van der Waals surface area (Å²) in [5.74, 6) is -0.931. The molecule has 6 heteroatoms. The van der Waals surface area contributed by atoms with Gasteiger partial charge in [0, 0.05) is 36.8 Å². The second-order valence-corrected chi connectivity index (χ2v) is 9.26. The largest absolute Gasteiger partial charge is 0.285 e. The second kappa shape index (κ2) is 8.98. The molecule has 0 aromatic carbocycles. The van der Waals surface area contributed by atoms with Crippen LogP contribution in [0.2, 0.25) is 0 Å². The summed E-state index contributed by atoms with van der Waals surface area (Å²) < 4.78 is 0. The van der Waals surface area contributed by atoms with Crippen molar-refractivity contribution < 1.29 is 19.2 Å². The average Bonchev–Trinajstić information content (AvgIpc) is 3.12. The second-order valence-electron chi connectivity index (χ2n) is 9.26. The third-order valence-electron chi connectivity index (χ3n) is 5.39. The van der Waals surface area contributed by atoms with Crippen LogP contribution in [-0.2, 0) is 19.2 Å². The van der Waals surface area contributed by atoms with Gasteiger partial charge in [0.05, 0.1) is 0 Å². The fraction of sp³-hybridized carbons (Fsp3) is 0.810. The minimum absolute atomic E-state index is 0.0589. The summed E-state index contributed by atoms with van der Waals surface area (Å²) >= 11 is 0. The molecule has 1 aliphatic carbocycles. The highest BCUT2D eigenvalue weighted by atomic mass is 16.2. The van der Waals surface area contributed by atoms with Gasteiger partial charge in [-0.15, -0.1) is 0 Å². The maximum Gasteiger partial charge on any atom is 0.234 e. The number of hydrogen-bond donors (Lipinski definition) is 0. The van der Waals surface area contributed by atoms with Crippen LogP contribution in [0.15, 0.2) is 0 Å². The first-order chi connectivity index (χ1) is 12.3. The van der Waals surface area contributed by atoms with Gasteiger partial charge in [-0.3, -0.25) is 29.0 Å².